The Kier molecular flexibility index (Phi) is 5.74. The predicted molar refractivity (Wildman–Crippen MR) is 72.6 cm³/mol. The summed E-state index contributed by atoms with van der Waals surface area (Å²) in [5, 5.41) is 3.26. The summed E-state index contributed by atoms with van der Waals surface area (Å²) in [4.78, 5) is 11.6. The van der Waals surface area contributed by atoms with Crippen molar-refractivity contribution in [3.63, 3.8) is 0 Å². The first-order valence-corrected chi connectivity index (χ1v) is 6.28. The van der Waals surface area contributed by atoms with Crippen molar-refractivity contribution in [2.24, 2.45) is 5.73 Å². The Hall–Kier alpha value is -0.780. The molecule has 0 bridgehead atoms. The van der Waals surface area contributed by atoms with Gasteiger partial charge in [-0.2, -0.15) is 0 Å². The third-order valence-electron chi connectivity index (χ3n) is 2.09. The van der Waals surface area contributed by atoms with Gasteiger partial charge in [0.15, 0.2) is 5.75 Å². The van der Waals surface area contributed by atoms with E-state index in [1.807, 2.05) is 0 Å². The fourth-order valence-corrected chi connectivity index (χ4v) is 2.31. The number of carbonyl (C=O) groups excluding carboxylic acids is 1. The van der Waals surface area contributed by atoms with E-state index in [4.69, 9.17) is 22.1 Å². The lowest BCUT2D eigenvalue weighted by Crippen LogP contribution is -2.14. The number of methoxy groups -OCH3 is 1. The molecule has 6 heteroatoms. The van der Waals surface area contributed by atoms with E-state index in [1.165, 1.54) is 7.11 Å². The molecule has 0 atom stereocenters. The number of amides is 1. The summed E-state index contributed by atoms with van der Waals surface area (Å²) in [5.41, 5.74) is 5.89. The number of hydrogen-bond donors (Lipinski definition) is 2. The zero-order valence-electron chi connectivity index (χ0n) is 9.43. The van der Waals surface area contributed by atoms with Crippen molar-refractivity contribution < 1.29 is 9.53 Å². The number of anilines is 1. The molecule has 0 aliphatic carbocycles. The van der Waals surface area contributed by atoms with Gasteiger partial charge >= 0.3 is 0 Å². The van der Waals surface area contributed by atoms with Gasteiger partial charge in [0, 0.05) is 11.4 Å². The molecule has 0 fully saturated rings. The molecule has 0 spiro atoms. The number of nitrogens with two attached hydrogens (primary N) is 1. The zero-order valence-corrected chi connectivity index (χ0v) is 11.8. The molecule has 0 radical (unpaired) electrons. The van der Waals surface area contributed by atoms with Gasteiger partial charge in [-0.3, -0.25) is 4.79 Å². The second kappa shape index (κ2) is 6.83. The number of ether oxygens (including phenoxy) is 1. The standard InChI is InChI=1S/C11H14BrClN2O2/c1-17-11-8(12)5-7(13)6-9(11)15-10(16)3-2-4-14/h5-6H,2-4,14H2,1H3,(H,15,16). The Morgan fingerprint density at radius 1 is 1.59 bits per heavy atom. The van der Waals surface area contributed by atoms with E-state index in [2.05, 4.69) is 21.2 Å². The fourth-order valence-electron chi connectivity index (χ4n) is 1.34. The summed E-state index contributed by atoms with van der Waals surface area (Å²) in [5.74, 6) is 0.443. The van der Waals surface area contributed by atoms with Crippen LogP contribution in [0.3, 0.4) is 0 Å². The average molecular weight is 322 g/mol. The maximum atomic E-state index is 11.6. The molecule has 0 heterocycles. The molecule has 0 saturated heterocycles. The minimum Gasteiger partial charge on any atom is -0.493 e. The van der Waals surface area contributed by atoms with Crippen molar-refractivity contribution >= 4 is 39.1 Å². The normalized spacial score (nSPS) is 10.1. The van der Waals surface area contributed by atoms with Crippen LogP contribution in [0.4, 0.5) is 5.69 Å². The summed E-state index contributed by atoms with van der Waals surface area (Å²) in [6.45, 7) is 0.490. The van der Waals surface area contributed by atoms with Crippen molar-refractivity contribution in [2.75, 3.05) is 19.0 Å². The largest absolute Gasteiger partial charge is 0.493 e. The van der Waals surface area contributed by atoms with Crippen LogP contribution in [0.1, 0.15) is 12.8 Å². The first-order chi connectivity index (χ1) is 8.08. The summed E-state index contributed by atoms with van der Waals surface area (Å²) in [7, 11) is 1.53. The number of nitrogens with one attached hydrogen (secondary N) is 1. The molecule has 94 valence electrons. The van der Waals surface area contributed by atoms with Gasteiger partial charge in [-0.05, 0) is 41.0 Å². The van der Waals surface area contributed by atoms with Crippen molar-refractivity contribution in [3.8, 4) is 5.75 Å². The average Bonchev–Trinajstić information content (AvgIpc) is 2.25. The third kappa shape index (κ3) is 4.18. The van der Waals surface area contributed by atoms with Gasteiger partial charge in [-0.25, -0.2) is 0 Å². The Morgan fingerprint density at radius 3 is 2.88 bits per heavy atom. The Bertz CT molecular complexity index is 413. The second-order valence-electron chi connectivity index (χ2n) is 3.41. The maximum Gasteiger partial charge on any atom is 0.224 e. The Morgan fingerprint density at radius 2 is 2.29 bits per heavy atom. The lowest BCUT2D eigenvalue weighted by atomic mass is 10.2. The molecule has 0 unspecified atom stereocenters. The monoisotopic (exact) mass is 320 g/mol. The highest BCUT2D eigenvalue weighted by Gasteiger charge is 2.11. The number of benzene rings is 1. The predicted octanol–water partition coefficient (Wildman–Crippen LogP) is 2.79. The van der Waals surface area contributed by atoms with Crippen LogP contribution < -0.4 is 15.8 Å². The quantitative estimate of drug-likeness (QED) is 0.876. The highest BCUT2D eigenvalue weighted by molar-refractivity contribution is 9.10. The van der Waals surface area contributed by atoms with Crippen LogP contribution >= 0.6 is 27.5 Å². The molecule has 1 amide bonds. The van der Waals surface area contributed by atoms with Crippen LogP contribution in [0.15, 0.2) is 16.6 Å². The van der Waals surface area contributed by atoms with Gasteiger partial charge in [-0.1, -0.05) is 11.6 Å². The number of carbonyl (C=O) groups is 1. The molecule has 0 aliphatic heterocycles. The molecule has 1 aromatic rings. The van der Waals surface area contributed by atoms with E-state index >= 15 is 0 Å². The number of hydrogen-bond acceptors (Lipinski definition) is 3. The fraction of sp³-hybridized carbons (Fsp3) is 0.364. The number of halogens is 2. The Balaban J connectivity index is 2.85. The van der Waals surface area contributed by atoms with Gasteiger partial charge in [0.25, 0.3) is 0 Å². The third-order valence-corrected chi connectivity index (χ3v) is 2.90. The van der Waals surface area contributed by atoms with E-state index in [0.29, 0.717) is 40.3 Å². The van der Waals surface area contributed by atoms with Gasteiger partial charge in [-0.15, -0.1) is 0 Å². The summed E-state index contributed by atoms with van der Waals surface area (Å²) < 4.78 is 5.89. The molecule has 0 saturated carbocycles. The van der Waals surface area contributed by atoms with Crippen LogP contribution in [-0.4, -0.2) is 19.6 Å². The van der Waals surface area contributed by atoms with Crippen molar-refractivity contribution in [1.82, 2.24) is 0 Å². The number of rotatable bonds is 5. The van der Waals surface area contributed by atoms with Crippen LogP contribution in [0.25, 0.3) is 0 Å². The van der Waals surface area contributed by atoms with Gasteiger partial charge in [0.2, 0.25) is 5.91 Å². The molecule has 4 nitrogen and oxygen atoms in total. The van der Waals surface area contributed by atoms with Crippen LogP contribution in [0.2, 0.25) is 5.02 Å². The SMILES string of the molecule is COc1c(Br)cc(Cl)cc1NC(=O)CCCN. The van der Waals surface area contributed by atoms with E-state index in [0.717, 1.165) is 0 Å². The first kappa shape index (κ1) is 14.3. The lowest BCUT2D eigenvalue weighted by molar-refractivity contribution is -0.116. The van der Waals surface area contributed by atoms with Crippen molar-refractivity contribution in [1.29, 1.82) is 0 Å². The van der Waals surface area contributed by atoms with Crippen molar-refractivity contribution in [2.45, 2.75) is 12.8 Å². The van der Waals surface area contributed by atoms with Gasteiger partial charge < -0.3 is 15.8 Å². The van der Waals surface area contributed by atoms with E-state index in [-0.39, 0.29) is 5.91 Å². The molecular weight excluding hydrogens is 307 g/mol. The minimum absolute atomic E-state index is 0.108. The molecule has 0 aliphatic rings. The van der Waals surface area contributed by atoms with Gasteiger partial charge in [0.05, 0.1) is 17.3 Å². The topological polar surface area (TPSA) is 64.3 Å². The summed E-state index contributed by atoms with van der Waals surface area (Å²) in [6.07, 6.45) is 1.03. The van der Waals surface area contributed by atoms with Crippen LogP contribution in [-0.2, 0) is 4.79 Å². The second-order valence-corrected chi connectivity index (χ2v) is 4.70. The van der Waals surface area contributed by atoms with E-state index < -0.39 is 0 Å². The van der Waals surface area contributed by atoms with Crippen molar-refractivity contribution in [3.05, 3.63) is 21.6 Å². The van der Waals surface area contributed by atoms with Gasteiger partial charge in [0.1, 0.15) is 0 Å². The molecular formula is C11H14BrClN2O2. The smallest absolute Gasteiger partial charge is 0.224 e. The molecule has 1 rings (SSSR count). The summed E-state index contributed by atoms with van der Waals surface area (Å²) in [6, 6.07) is 3.35. The lowest BCUT2D eigenvalue weighted by Gasteiger charge is -2.12. The maximum absolute atomic E-state index is 11.6. The Labute approximate surface area is 114 Å². The summed E-state index contributed by atoms with van der Waals surface area (Å²) >= 11 is 9.23. The van der Waals surface area contributed by atoms with E-state index in [9.17, 15) is 4.79 Å². The van der Waals surface area contributed by atoms with Crippen LogP contribution in [0.5, 0.6) is 5.75 Å². The molecule has 1 aromatic carbocycles. The first-order valence-electron chi connectivity index (χ1n) is 5.11. The minimum atomic E-state index is -0.108. The highest BCUT2D eigenvalue weighted by Crippen LogP contribution is 2.36. The van der Waals surface area contributed by atoms with E-state index in [1.54, 1.807) is 12.1 Å². The zero-order chi connectivity index (χ0) is 12.8. The highest BCUT2D eigenvalue weighted by atomic mass is 79.9. The van der Waals surface area contributed by atoms with Crippen LogP contribution in [0, 0.1) is 0 Å². The molecule has 0 aromatic heterocycles. The molecule has 3 N–H and O–H groups in total. The molecule has 17 heavy (non-hydrogen) atoms.